The lowest BCUT2D eigenvalue weighted by Crippen LogP contribution is -2.40. The molecule has 1 fully saturated rings. The van der Waals surface area contributed by atoms with Gasteiger partial charge in [-0.25, -0.2) is 0 Å². The Bertz CT molecular complexity index is 718. The van der Waals surface area contributed by atoms with Crippen LogP contribution in [-0.4, -0.2) is 48.1 Å². The number of thiocarbonyl (C=S) groups is 1. The molecule has 1 heterocycles. The molecule has 0 spiro atoms. The summed E-state index contributed by atoms with van der Waals surface area (Å²) < 4.78 is 5.29. The minimum Gasteiger partial charge on any atom is -0.378 e. The fraction of sp³-hybridized carbons (Fsp3) is 0.654. The average Bonchev–Trinajstić information content (AvgIpc) is 2.83. The first-order valence-electron chi connectivity index (χ1n) is 12.7. The van der Waals surface area contributed by atoms with E-state index in [0.29, 0.717) is 38.3 Å². The van der Waals surface area contributed by atoms with E-state index in [2.05, 4.69) is 17.6 Å². The van der Waals surface area contributed by atoms with E-state index in [1.165, 1.54) is 57.8 Å². The third-order valence-electron chi connectivity index (χ3n) is 5.95. The van der Waals surface area contributed by atoms with Crippen molar-refractivity contribution in [2.24, 2.45) is 0 Å². The smallest absolute Gasteiger partial charge is 0.254 e. The number of anilines is 1. The molecule has 2 rings (SSSR count). The van der Waals surface area contributed by atoms with Gasteiger partial charge in [0, 0.05) is 30.8 Å². The molecule has 1 saturated heterocycles. The highest BCUT2D eigenvalue weighted by Gasteiger charge is 2.18. The number of rotatable bonds is 14. The van der Waals surface area contributed by atoms with Crippen LogP contribution in [0.3, 0.4) is 0 Å². The molecule has 7 heteroatoms. The molecule has 0 aromatic heterocycles. The molecular formula is C26H41N3O3S. The zero-order chi connectivity index (χ0) is 23.7. The Morgan fingerprint density at radius 3 is 2.00 bits per heavy atom. The Labute approximate surface area is 204 Å². The molecule has 184 valence electrons. The number of morpholine rings is 1. The third-order valence-corrected chi connectivity index (χ3v) is 6.15. The predicted molar refractivity (Wildman–Crippen MR) is 139 cm³/mol. The summed E-state index contributed by atoms with van der Waals surface area (Å²) in [5.41, 5.74) is 1.38. The van der Waals surface area contributed by atoms with Crippen LogP contribution in [-0.2, 0) is 9.53 Å². The van der Waals surface area contributed by atoms with E-state index in [9.17, 15) is 9.59 Å². The third kappa shape index (κ3) is 11.6. The minimum absolute atomic E-state index is 0.00713. The van der Waals surface area contributed by atoms with Gasteiger partial charge in [0.1, 0.15) is 0 Å². The molecule has 0 unspecified atom stereocenters. The van der Waals surface area contributed by atoms with Gasteiger partial charge in [-0.05, 0) is 42.9 Å². The molecule has 33 heavy (non-hydrogen) atoms. The van der Waals surface area contributed by atoms with Crippen LogP contribution in [0.15, 0.2) is 24.3 Å². The maximum Gasteiger partial charge on any atom is 0.254 e. The van der Waals surface area contributed by atoms with Crippen LogP contribution in [0.4, 0.5) is 5.69 Å². The van der Waals surface area contributed by atoms with Gasteiger partial charge in [0.05, 0.1) is 13.2 Å². The summed E-state index contributed by atoms with van der Waals surface area (Å²) in [7, 11) is 0. The summed E-state index contributed by atoms with van der Waals surface area (Å²) in [5.74, 6) is -0.0461. The molecule has 1 aliphatic rings. The van der Waals surface area contributed by atoms with Crippen LogP contribution < -0.4 is 10.6 Å². The van der Waals surface area contributed by atoms with Gasteiger partial charge in [0.25, 0.3) is 5.91 Å². The van der Waals surface area contributed by atoms with Gasteiger partial charge in [0.15, 0.2) is 5.11 Å². The van der Waals surface area contributed by atoms with E-state index in [-0.39, 0.29) is 16.9 Å². The molecule has 0 atom stereocenters. The van der Waals surface area contributed by atoms with Crippen molar-refractivity contribution in [3.8, 4) is 0 Å². The largest absolute Gasteiger partial charge is 0.378 e. The Kier molecular flexibility index (Phi) is 13.7. The second-order valence-corrected chi connectivity index (χ2v) is 9.18. The van der Waals surface area contributed by atoms with Gasteiger partial charge in [-0.15, -0.1) is 0 Å². The molecular weight excluding hydrogens is 434 g/mol. The molecule has 0 aliphatic carbocycles. The van der Waals surface area contributed by atoms with Crippen molar-refractivity contribution in [2.75, 3.05) is 31.6 Å². The van der Waals surface area contributed by atoms with Crippen molar-refractivity contribution >= 4 is 34.8 Å². The Morgan fingerprint density at radius 2 is 1.42 bits per heavy atom. The number of ether oxygens (including phenoxy) is 1. The first kappa shape index (κ1) is 27.3. The quantitative estimate of drug-likeness (QED) is 0.268. The zero-order valence-corrected chi connectivity index (χ0v) is 21.0. The van der Waals surface area contributed by atoms with Crippen LogP contribution in [0.5, 0.6) is 0 Å². The first-order valence-corrected chi connectivity index (χ1v) is 13.1. The van der Waals surface area contributed by atoms with E-state index in [0.717, 1.165) is 18.5 Å². The van der Waals surface area contributed by atoms with Crippen LogP contribution in [0.1, 0.15) is 94.3 Å². The maximum atomic E-state index is 12.5. The summed E-state index contributed by atoms with van der Waals surface area (Å²) in [6.07, 6.45) is 14.4. The fourth-order valence-electron chi connectivity index (χ4n) is 3.95. The number of carbonyl (C=O) groups is 2. The molecule has 1 aromatic rings. The van der Waals surface area contributed by atoms with Crippen molar-refractivity contribution in [1.29, 1.82) is 0 Å². The van der Waals surface area contributed by atoms with Crippen molar-refractivity contribution < 1.29 is 14.3 Å². The lowest BCUT2D eigenvalue weighted by Gasteiger charge is -2.26. The first-order chi connectivity index (χ1) is 16.1. The van der Waals surface area contributed by atoms with Crippen molar-refractivity contribution in [3.63, 3.8) is 0 Å². The monoisotopic (exact) mass is 475 g/mol. The van der Waals surface area contributed by atoms with Gasteiger partial charge in [-0.2, -0.15) is 0 Å². The van der Waals surface area contributed by atoms with Crippen molar-refractivity contribution in [2.45, 2.75) is 84.0 Å². The van der Waals surface area contributed by atoms with Crippen LogP contribution >= 0.6 is 12.2 Å². The summed E-state index contributed by atoms with van der Waals surface area (Å²) >= 11 is 5.25. The van der Waals surface area contributed by atoms with E-state index in [1.54, 1.807) is 29.2 Å². The van der Waals surface area contributed by atoms with Gasteiger partial charge < -0.3 is 20.3 Å². The molecule has 1 aliphatic heterocycles. The topological polar surface area (TPSA) is 70.7 Å². The summed E-state index contributed by atoms with van der Waals surface area (Å²) in [6.45, 7) is 4.65. The lowest BCUT2D eigenvalue weighted by molar-refractivity contribution is -0.119. The molecule has 2 N–H and O–H groups in total. The number of hydrogen-bond donors (Lipinski definition) is 2. The highest BCUT2D eigenvalue weighted by atomic mass is 32.1. The number of unbranched alkanes of at least 4 members (excludes halogenated alkanes) is 10. The normalized spacial score (nSPS) is 13.5. The van der Waals surface area contributed by atoms with E-state index in [4.69, 9.17) is 17.0 Å². The van der Waals surface area contributed by atoms with Gasteiger partial charge in [-0.1, -0.05) is 71.1 Å². The molecule has 0 saturated carbocycles. The number of carbonyl (C=O) groups excluding carboxylic acids is 2. The standard InChI is InChI=1S/C26H41N3O3S/c1-2-3-4-5-6-7-8-9-10-11-12-13-24(30)28-26(33)27-23-16-14-22(15-17-23)25(31)29-18-20-32-21-19-29/h14-17H,2-13,18-21H2,1H3,(H2,27,28,30,33). The Morgan fingerprint density at radius 1 is 0.879 bits per heavy atom. The Balaban J connectivity index is 1.54. The molecule has 0 bridgehead atoms. The van der Waals surface area contributed by atoms with E-state index in [1.807, 2.05) is 0 Å². The number of benzene rings is 1. The van der Waals surface area contributed by atoms with E-state index < -0.39 is 0 Å². The Hall–Kier alpha value is -1.99. The molecule has 0 radical (unpaired) electrons. The van der Waals surface area contributed by atoms with Gasteiger partial charge in [0.2, 0.25) is 5.91 Å². The van der Waals surface area contributed by atoms with Crippen LogP contribution in [0, 0.1) is 0 Å². The minimum atomic E-state index is -0.0532. The SMILES string of the molecule is CCCCCCCCCCCCCC(=O)NC(=S)Nc1ccc(C(=O)N2CCOCC2)cc1. The van der Waals surface area contributed by atoms with Crippen molar-refractivity contribution in [3.05, 3.63) is 29.8 Å². The fourth-order valence-corrected chi connectivity index (χ4v) is 4.18. The van der Waals surface area contributed by atoms with Gasteiger partial charge in [-0.3, -0.25) is 9.59 Å². The summed E-state index contributed by atoms with van der Waals surface area (Å²) in [6, 6.07) is 7.15. The second-order valence-electron chi connectivity index (χ2n) is 8.77. The number of nitrogens with one attached hydrogen (secondary N) is 2. The number of nitrogens with zero attached hydrogens (tertiary/aromatic N) is 1. The summed E-state index contributed by atoms with van der Waals surface area (Å²) in [4.78, 5) is 26.4. The second kappa shape index (κ2) is 16.6. The van der Waals surface area contributed by atoms with Crippen molar-refractivity contribution in [1.82, 2.24) is 10.2 Å². The lowest BCUT2D eigenvalue weighted by atomic mass is 10.1. The maximum absolute atomic E-state index is 12.5. The number of hydrogen-bond acceptors (Lipinski definition) is 4. The van der Waals surface area contributed by atoms with Crippen LogP contribution in [0.2, 0.25) is 0 Å². The highest BCUT2D eigenvalue weighted by Crippen LogP contribution is 2.14. The average molecular weight is 476 g/mol. The highest BCUT2D eigenvalue weighted by molar-refractivity contribution is 7.80. The number of amides is 2. The molecule has 6 nitrogen and oxygen atoms in total. The molecule has 2 amide bonds. The van der Waals surface area contributed by atoms with Crippen LogP contribution in [0.25, 0.3) is 0 Å². The van der Waals surface area contributed by atoms with Gasteiger partial charge >= 0.3 is 0 Å². The molecule has 1 aromatic carbocycles. The predicted octanol–water partition coefficient (Wildman–Crippen LogP) is 5.67. The summed E-state index contributed by atoms with van der Waals surface area (Å²) in [5, 5.41) is 6.05. The van der Waals surface area contributed by atoms with E-state index >= 15 is 0 Å². The zero-order valence-electron chi connectivity index (χ0n) is 20.2.